The Morgan fingerprint density at radius 2 is 2.00 bits per heavy atom. The van der Waals surface area contributed by atoms with Gasteiger partial charge in [0.05, 0.1) is 18.4 Å². The van der Waals surface area contributed by atoms with Crippen LogP contribution in [0.3, 0.4) is 0 Å². The molecular weight excluding hydrogens is 304 g/mol. The number of hydrogen-bond donors (Lipinski definition) is 0. The van der Waals surface area contributed by atoms with E-state index in [1.54, 1.807) is 31.4 Å². The van der Waals surface area contributed by atoms with Crippen LogP contribution in [0, 0.1) is 0 Å². The van der Waals surface area contributed by atoms with Gasteiger partial charge in [-0.3, -0.25) is 0 Å². The van der Waals surface area contributed by atoms with E-state index in [1.807, 2.05) is 24.3 Å². The first kappa shape index (κ1) is 16.1. The Balaban J connectivity index is 1.87. The van der Waals surface area contributed by atoms with Gasteiger partial charge in [0.2, 0.25) is 0 Å². The van der Waals surface area contributed by atoms with Crippen LogP contribution < -0.4 is 9.64 Å². The molecule has 5 heteroatoms. The SMILES string of the molecule is CCN1CC/C(=N\OC(=O)c2ccccc2)c2cc(OC)ccc21. The lowest BCUT2D eigenvalue weighted by molar-refractivity contribution is 0.0515. The summed E-state index contributed by atoms with van der Waals surface area (Å²) in [6, 6.07) is 14.7. The number of carbonyl (C=O) groups excluding carboxylic acids is 1. The average Bonchev–Trinajstić information content (AvgIpc) is 2.66. The van der Waals surface area contributed by atoms with Gasteiger partial charge < -0.3 is 14.5 Å². The van der Waals surface area contributed by atoms with Gasteiger partial charge in [0.25, 0.3) is 0 Å². The molecule has 0 N–H and O–H groups in total. The number of nitrogens with zero attached hydrogens (tertiary/aromatic N) is 2. The molecular formula is C19H20N2O3. The van der Waals surface area contributed by atoms with Crippen LogP contribution in [0.1, 0.15) is 29.3 Å². The lowest BCUT2D eigenvalue weighted by Crippen LogP contribution is -2.32. The van der Waals surface area contributed by atoms with Gasteiger partial charge in [-0.1, -0.05) is 23.4 Å². The monoisotopic (exact) mass is 324 g/mol. The summed E-state index contributed by atoms with van der Waals surface area (Å²) in [6.45, 7) is 3.87. The summed E-state index contributed by atoms with van der Waals surface area (Å²) >= 11 is 0. The maximum absolute atomic E-state index is 12.1. The van der Waals surface area contributed by atoms with Crippen molar-refractivity contribution in [2.75, 3.05) is 25.1 Å². The first-order chi connectivity index (χ1) is 11.7. The van der Waals surface area contributed by atoms with E-state index in [-0.39, 0.29) is 0 Å². The molecule has 0 bridgehead atoms. The largest absolute Gasteiger partial charge is 0.497 e. The normalized spacial score (nSPS) is 15.1. The number of carbonyl (C=O) groups is 1. The van der Waals surface area contributed by atoms with Gasteiger partial charge >= 0.3 is 5.97 Å². The minimum atomic E-state index is -0.453. The van der Waals surface area contributed by atoms with Crippen LogP contribution in [-0.4, -0.2) is 31.9 Å². The molecule has 0 unspecified atom stereocenters. The van der Waals surface area contributed by atoms with E-state index in [2.05, 4.69) is 17.0 Å². The third-order valence-corrected chi connectivity index (χ3v) is 4.10. The summed E-state index contributed by atoms with van der Waals surface area (Å²) in [5.74, 6) is 0.305. The Morgan fingerprint density at radius 3 is 2.71 bits per heavy atom. The van der Waals surface area contributed by atoms with Crippen molar-refractivity contribution in [2.45, 2.75) is 13.3 Å². The van der Waals surface area contributed by atoms with Crippen molar-refractivity contribution >= 4 is 17.4 Å². The fourth-order valence-electron chi connectivity index (χ4n) is 2.79. The lowest BCUT2D eigenvalue weighted by atomic mass is 9.99. The van der Waals surface area contributed by atoms with Crippen molar-refractivity contribution in [2.24, 2.45) is 5.16 Å². The Labute approximate surface area is 141 Å². The fourth-order valence-corrected chi connectivity index (χ4v) is 2.79. The van der Waals surface area contributed by atoms with Gasteiger partial charge in [0.1, 0.15) is 5.75 Å². The highest BCUT2D eigenvalue weighted by Crippen LogP contribution is 2.30. The zero-order valence-corrected chi connectivity index (χ0v) is 13.9. The molecule has 0 amide bonds. The summed E-state index contributed by atoms with van der Waals surface area (Å²) in [6.07, 6.45) is 0.718. The van der Waals surface area contributed by atoms with Crippen LogP contribution in [0.25, 0.3) is 0 Å². The smallest absolute Gasteiger partial charge is 0.365 e. The van der Waals surface area contributed by atoms with Crippen LogP contribution in [0.2, 0.25) is 0 Å². The highest BCUT2D eigenvalue weighted by molar-refractivity contribution is 6.07. The molecule has 0 spiro atoms. The molecule has 124 valence electrons. The van der Waals surface area contributed by atoms with E-state index >= 15 is 0 Å². The third kappa shape index (κ3) is 3.25. The fraction of sp³-hybridized carbons (Fsp3) is 0.263. The Kier molecular flexibility index (Phi) is 4.79. The van der Waals surface area contributed by atoms with Crippen molar-refractivity contribution in [3.05, 3.63) is 59.7 Å². The van der Waals surface area contributed by atoms with Gasteiger partial charge in [0.15, 0.2) is 0 Å². The molecule has 1 aliphatic heterocycles. The van der Waals surface area contributed by atoms with Crippen LogP contribution in [0.15, 0.2) is 53.7 Å². The first-order valence-corrected chi connectivity index (χ1v) is 7.99. The van der Waals surface area contributed by atoms with Gasteiger partial charge in [-0.2, -0.15) is 0 Å². The zero-order valence-electron chi connectivity index (χ0n) is 13.9. The van der Waals surface area contributed by atoms with Gasteiger partial charge in [0, 0.05) is 30.8 Å². The number of methoxy groups -OCH3 is 1. The highest BCUT2D eigenvalue weighted by Gasteiger charge is 2.22. The highest BCUT2D eigenvalue weighted by atomic mass is 16.7. The van der Waals surface area contributed by atoms with E-state index in [0.29, 0.717) is 5.56 Å². The number of anilines is 1. The Hall–Kier alpha value is -2.82. The second kappa shape index (κ2) is 7.17. The second-order valence-electron chi connectivity index (χ2n) is 5.50. The zero-order chi connectivity index (χ0) is 16.9. The topological polar surface area (TPSA) is 51.1 Å². The van der Waals surface area contributed by atoms with Gasteiger partial charge in [-0.05, 0) is 37.3 Å². The van der Waals surface area contributed by atoms with Crippen LogP contribution in [0.4, 0.5) is 5.69 Å². The summed E-state index contributed by atoms with van der Waals surface area (Å²) in [4.78, 5) is 19.5. The summed E-state index contributed by atoms with van der Waals surface area (Å²) < 4.78 is 5.31. The quantitative estimate of drug-likeness (QED) is 0.638. The van der Waals surface area contributed by atoms with Crippen molar-refractivity contribution in [3.63, 3.8) is 0 Å². The predicted molar refractivity (Wildman–Crippen MR) is 93.9 cm³/mol. The van der Waals surface area contributed by atoms with E-state index in [0.717, 1.165) is 42.2 Å². The molecule has 2 aromatic carbocycles. The standard InChI is InChI=1S/C19H20N2O3/c1-3-21-12-11-17(16-13-15(23-2)9-10-18(16)21)20-24-19(22)14-7-5-4-6-8-14/h4-10,13H,3,11-12H2,1-2H3/b20-17+. The van der Waals surface area contributed by atoms with Crippen molar-refractivity contribution in [1.82, 2.24) is 0 Å². The van der Waals surface area contributed by atoms with E-state index in [4.69, 9.17) is 9.57 Å². The number of benzene rings is 2. The second-order valence-corrected chi connectivity index (χ2v) is 5.50. The van der Waals surface area contributed by atoms with Crippen LogP contribution in [-0.2, 0) is 4.84 Å². The molecule has 24 heavy (non-hydrogen) atoms. The van der Waals surface area contributed by atoms with Gasteiger partial charge in [-0.15, -0.1) is 0 Å². The molecule has 0 fully saturated rings. The molecule has 1 aliphatic rings. The summed E-state index contributed by atoms with van der Waals surface area (Å²) in [5, 5.41) is 4.13. The molecule has 3 rings (SSSR count). The molecule has 0 atom stereocenters. The molecule has 0 saturated heterocycles. The van der Waals surface area contributed by atoms with Crippen LogP contribution in [0.5, 0.6) is 5.75 Å². The lowest BCUT2D eigenvalue weighted by Gasteiger charge is -2.30. The average molecular weight is 324 g/mol. The van der Waals surface area contributed by atoms with E-state index in [1.165, 1.54) is 0 Å². The summed E-state index contributed by atoms with van der Waals surface area (Å²) in [5.41, 5.74) is 3.28. The summed E-state index contributed by atoms with van der Waals surface area (Å²) in [7, 11) is 1.63. The van der Waals surface area contributed by atoms with Crippen molar-refractivity contribution < 1.29 is 14.4 Å². The molecule has 1 heterocycles. The van der Waals surface area contributed by atoms with E-state index < -0.39 is 5.97 Å². The molecule has 0 aliphatic carbocycles. The molecule has 5 nitrogen and oxygen atoms in total. The van der Waals surface area contributed by atoms with Crippen molar-refractivity contribution in [3.8, 4) is 5.75 Å². The molecule has 0 saturated carbocycles. The Bertz CT molecular complexity index is 756. The maximum Gasteiger partial charge on any atom is 0.365 e. The third-order valence-electron chi connectivity index (χ3n) is 4.10. The first-order valence-electron chi connectivity index (χ1n) is 7.99. The Morgan fingerprint density at radius 1 is 1.21 bits per heavy atom. The molecule has 0 aromatic heterocycles. The molecule has 2 aromatic rings. The van der Waals surface area contributed by atoms with Crippen LogP contribution >= 0.6 is 0 Å². The number of ether oxygens (including phenoxy) is 1. The minimum absolute atomic E-state index is 0.453. The predicted octanol–water partition coefficient (Wildman–Crippen LogP) is 3.49. The minimum Gasteiger partial charge on any atom is -0.497 e. The number of hydrogen-bond acceptors (Lipinski definition) is 5. The molecule has 0 radical (unpaired) electrons. The van der Waals surface area contributed by atoms with Gasteiger partial charge in [-0.25, -0.2) is 4.79 Å². The number of rotatable bonds is 4. The van der Waals surface area contributed by atoms with Crippen molar-refractivity contribution in [1.29, 1.82) is 0 Å². The number of oxime groups is 1. The number of fused-ring (bicyclic) bond motifs is 1. The maximum atomic E-state index is 12.1. The van der Waals surface area contributed by atoms with E-state index in [9.17, 15) is 4.79 Å².